The van der Waals surface area contributed by atoms with E-state index >= 15 is 0 Å². The third-order valence-corrected chi connectivity index (χ3v) is 5.75. The molecule has 3 aliphatic rings. The molecule has 1 aliphatic carbocycles. The minimum absolute atomic E-state index is 0.201. The summed E-state index contributed by atoms with van der Waals surface area (Å²) < 4.78 is 5.62. The van der Waals surface area contributed by atoms with Crippen molar-refractivity contribution in [3.63, 3.8) is 0 Å². The van der Waals surface area contributed by atoms with Gasteiger partial charge in [0.05, 0.1) is 29.6 Å². The predicted octanol–water partition coefficient (Wildman–Crippen LogP) is 1.46. The second-order valence-electron chi connectivity index (χ2n) is 6.58. The van der Waals surface area contributed by atoms with E-state index in [4.69, 9.17) is 4.74 Å². The highest BCUT2D eigenvalue weighted by Crippen LogP contribution is 2.44. The summed E-state index contributed by atoms with van der Waals surface area (Å²) in [5, 5.41) is 17.3. The van der Waals surface area contributed by atoms with Crippen LogP contribution in [-0.2, 0) is 14.3 Å². The van der Waals surface area contributed by atoms with Crippen LogP contribution in [0.25, 0.3) is 0 Å². The maximum atomic E-state index is 12.6. The van der Waals surface area contributed by atoms with Crippen LogP contribution in [0.15, 0.2) is 11.4 Å². The number of aliphatic carboxylic acids is 1. The Morgan fingerprint density at radius 3 is 2.50 bits per heavy atom. The van der Waals surface area contributed by atoms with Gasteiger partial charge in [-0.05, 0) is 37.1 Å². The first-order valence-electron chi connectivity index (χ1n) is 8.12. The van der Waals surface area contributed by atoms with E-state index in [-0.39, 0.29) is 30.1 Å². The first kappa shape index (κ1) is 15.6. The Hall–Kier alpha value is -1.93. The smallest absolute Gasteiger partial charge is 0.310 e. The van der Waals surface area contributed by atoms with Gasteiger partial charge in [-0.2, -0.15) is 0 Å². The number of thiophene rings is 1. The second-order valence-corrected chi connectivity index (χ2v) is 7.50. The van der Waals surface area contributed by atoms with E-state index in [2.05, 4.69) is 10.6 Å². The van der Waals surface area contributed by atoms with Gasteiger partial charge in [0.2, 0.25) is 5.91 Å². The topological polar surface area (TPSA) is 105 Å². The van der Waals surface area contributed by atoms with E-state index in [1.165, 1.54) is 11.3 Å². The molecular formula is C16H18N2O5S. The summed E-state index contributed by atoms with van der Waals surface area (Å²) in [4.78, 5) is 36.3. The molecule has 2 amide bonds. The molecule has 2 saturated heterocycles. The van der Waals surface area contributed by atoms with Gasteiger partial charge < -0.3 is 20.5 Å². The fourth-order valence-electron chi connectivity index (χ4n) is 3.60. The average molecular weight is 350 g/mol. The molecule has 0 aromatic carbocycles. The Labute approximate surface area is 142 Å². The minimum atomic E-state index is -1.000. The van der Waals surface area contributed by atoms with Crippen molar-refractivity contribution in [2.45, 2.75) is 43.9 Å². The monoisotopic (exact) mass is 350 g/mol. The van der Waals surface area contributed by atoms with E-state index in [9.17, 15) is 19.5 Å². The van der Waals surface area contributed by atoms with Gasteiger partial charge in [-0.15, -0.1) is 11.3 Å². The molecule has 3 N–H and O–H groups in total. The molecule has 0 spiro atoms. The first-order valence-corrected chi connectivity index (χ1v) is 9.00. The predicted molar refractivity (Wildman–Crippen MR) is 85.9 cm³/mol. The Balaban J connectivity index is 1.49. The van der Waals surface area contributed by atoms with Gasteiger partial charge >= 0.3 is 5.97 Å². The number of hydrogen-bond donors (Lipinski definition) is 3. The Morgan fingerprint density at radius 1 is 1.12 bits per heavy atom. The molecule has 7 nitrogen and oxygen atoms in total. The van der Waals surface area contributed by atoms with Crippen molar-refractivity contribution in [3.05, 3.63) is 17.0 Å². The number of carboxylic acids is 1. The molecule has 128 valence electrons. The van der Waals surface area contributed by atoms with E-state index in [1.54, 1.807) is 11.4 Å². The number of amides is 2. The van der Waals surface area contributed by atoms with E-state index in [1.807, 2.05) is 0 Å². The van der Waals surface area contributed by atoms with Crippen LogP contribution in [0, 0.1) is 11.8 Å². The Bertz CT molecular complexity index is 698. The molecule has 2 aliphatic heterocycles. The number of carbonyl (C=O) groups is 3. The largest absolute Gasteiger partial charge is 0.481 e. The number of carbonyl (C=O) groups excluding carboxylic acids is 2. The SMILES string of the molecule is O=C(NC1CC1)c1ccsc1NC(=O)[C@@H]1[C@@H](C(=O)O)[C@@H]2CC[C@H]1O2. The standard InChI is InChI=1S/C16H18N2O5S/c19-13(17-7-1-2-7)8-5-6-24-15(8)18-14(20)11-9-3-4-10(23-9)12(11)16(21)22/h5-7,9-12H,1-4H2,(H,17,19)(H,18,20)(H,21,22)/t9-,10+,11+,12+/m1/s1. The Kier molecular flexibility index (Phi) is 3.80. The summed E-state index contributed by atoms with van der Waals surface area (Å²) in [6.07, 6.45) is 2.62. The van der Waals surface area contributed by atoms with Gasteiger partial charge in [-0.1, -0.05) is 0 Å². The quantitative estimate of drug-likeness (QED) is 0.746. The highest BCUT2D eigenvalue weighted by atomic mass is 32.1. The number of rotatable bonds is 5. The van der Waals surface area contributed by atoms with Crippen LogP contribution in [0.2, 0.25) is 0 Å². The van der Waals surface area contributed by atoms with Crippen molar-refractivity contribution in [1.82, 2.24) is 5.32 Å². The fourth-order valence-corrected chi connectivity index (χ4v) is 4.38. The van der Waals surface area contributed by atoms with Gasteiger partial charge in [0, 0.05) is 6.04 Å². The van der Waals surface area contributed by atoms with Gasteiger partial charge in [0.15, 0.2) is 0 Å². The van der Waals surface area contributed by atoms with E-state index in [0.29, 0.717) is 23.4 Å². The molecule has 4 rings (SSSR count). The lowest BCUT2D eigenvalue weighted by Gasteiger charge is -2.23. The average Bonchev–Trinajstić information content (AvgIpc) is 2.98. The Morgan fingerprint density at radius 2 is 1.83 bits per heavy atom. The molecule has 0 radical (unpaired) electrons. The molecule has 3 heterocycles. The van der Waals surface area contributed by atoms with Crippen molar-refractivity contribution in [2.75, 3.05) is 5.32 Å². The molecular weight excluding hydrogens is 332 g/mol. The highest BCUT2D eigenvalue weighted by Gasteiger charge is 2.55. The maximum Gasteiger partial charge on any atom is 0.310 e. The molecule has 2 bridgehead atoms. The number of ether oxygens (including phenoxy) is 1. The van der Waals surface area contributed by atoms with Crippen molar-refractivity contribution < 1.29 is 24.2 Å². The van der Waals surface area contributed by atoms with Crippen molar-refractivity contribution >= 4 is 34.1 Å². The number of carboxylic acid groups (broad SMARTS) is 1. The van der Waals surface area contributed by atoms with Gasteiger partial charge in [0.1, 0.15) is 5.00 Å². The number of fused-ring (bicyclic) bond motifs is 2. The summed E-state index contributed by atoms with van der Waals surface area (Å²) in [7, 11) is 0. The lowest BCUT2D eigenvalue weighted by Crippen LogP contribution is -2.41. The van der Waals surface area contributed by atoms with Crippen LogP contribution in [0.5, 0.6) is 0 Å². The number of hydrogen-bond acceptors (Lipinski definition) is 5. The molecule has 4 atom stereocenters. The zero-order valence-corrected chi connectivity index (χ0v) is 13.7. The van der Waals surface area contributed by atoms with Crippen LogP contribution in [0.4, 0.5) is 5.00 Å². The molecule has 24 heavy (non-hydrogen) atoms. The van der Waals surface area contributed by atoms with Gasteiger partial charge in [-0.3, -0.25) is 14.4 Å². The molecule has 1 saturated carbocycles. The lowest BCUT2D eigenvalue weighted by atomic mass is 9.79. The zero-order chi connectivity index (χ0) is 16.8. The molecule has 1 aromatic rings. The lowest BCUT2D eigenvalue weighted by molar-refractivity contribution is -0.147. The van der Waals surface area contributed by atoms with E-state index < -0.39 is 17.8 Å². The van der Waals surface area contributed by atoms with Gasteiger partial charge in [-0.25, -0.2) is 0 Å². The normalized spacial score (nSPS) is 31.0. The second kappa shape index (κ2) is 5.86. The molecule has 1 aromatic heterocycles. The van der Waals surface area contributed by atoms with Crippen LogP contribution >= 0.6 is 11.3 Å². The van der Waals surface area contributed by atoms with Gasteiger partial charge in [0.25, 0.3) is 5.91 Å². The molecule has 0 unspecified atom stereocenters. The minimum Gasteiger partial charge on any atom is -0.481 e. The van der Waals surface area contributed by atoms with E-state index in [0.717, 1.165) is 12.8 Å². The van der Waals surface area contributed by atoms with Crippen molar-refractivity contribution in [1.29, 1.82) is 0 Å². The zero-order valence-electron chi connectivity index (χ0n) is 12.9. The van der Waals surface area contributed by atoms with Crippen LogP contribution in [-0.4, -0.2) is 41.1 Å². The summed E-state index contributed by atoms with van der Waals surface area (Å²) in [5.41, 5.74) is 0.427. The third-order valence-electron chi connectivity index (χ3n) is 4.92. The highest BCUT2D eigenvalue weighted by molar-refractivity contribution is 7.14. The maximum absolute atomic E-state index is 12.6. The molecule has 8 heteroatoms. The summed E-state index contributed by atoms with van der Waals surface area (Å²) >= 11 is 1.26. The number of anilines is 1. The summed E-state index contributed by atoms with van der Waals surface area (Å²) in [6.45, 7) is 0. The van der Waals surface area contributed by atoms with Crippen LogP contribution in [0.1, 0.15) is 36.0 Å². The third kappa shape index (κ3) is 2.69. The van der Waals surface area contributed by atoms with Crippen molar-refractivity contribution in [3.8, 4) is 0 Å². The summed E-state index contributed by atoms with van der Waals surface area (Å²) in [6, 6.07) is 1.90. The summed E-state index contributed by atoms with van der Waals surface area (Å²) in [5.74, 6) is -3.10. The first-order chi connectivity index (χ1) is 11.5. The van der Waals surface area contributed by atoms with Crippen LogP contribution in [0.3, 0.4) is 0 Å². The van der Waals surface area contributed by atoms with Crippen LogP contribution < -0.4 is 10.6 Å². The number of nitrogens with one attached hydrogen (secondary N) is 2. The fraction of sp³-hybridized carbons (Fsp3) is 0.562. The molecule has 3 fully saturated rings. The van der Waals surface area contributed by atoms with Crippen molar-refractivity contribution in [2.24, 2.45) is 11.8 Å².